The van der Waals surface area contributed by atoms with Crippen LogP contribution in [0.15, 0.2) is 42.5 Å². The van der Waals surface area contributed by atoms with Crippen LogP contribution in [0.1, 0.15) is 11.1 Å². The van der Waals surface area contributed by atoms with E-state index in [1.54, 1.807) is 4.90 Å². The standard InChI is InChI=1S/C19H18N2O3/c1-13-5-4-7-15-14(13)9-10-20(15)18(11-22)21-16-6-2-3-8-17(16)24-12-19(21)23/h2-8,11,18H,9-10,12H2,1H3. The van der Waals surface area contributed by atoms with Crippen molar-refractivity contribution >= 4 is 23.6 Å². The minimum absolute atomic E-state index is 0.0458. The summed E-state index contributed by atoms with van der Waals surface area (Å²) in [6.07, 6.45) is 1.06. The number of ether oxygens (including phenoxy) is 1. The lowest BCUT2D eigenvalue weighted by Gasteiger charge is -2.38. The van der Waals surface area contributed by atoms with Gasteiger partial charge in [-0.15, -0.1) is 0 Å². The number of benzene rings is 2. The van der Waals surface area contributed by atoms with Crippen molar-refractivity contribution in [1.29, 1.82) is 0 Å². The molecule has 0 bridgehead atoms. The molecule has 0 saturated heterocycles. The monoisotopic (exact) mass is 322 g/mol. The van der Waals surface area contributed by atoms with Gasteiger partial charge in [0, 0.05) is 12.2 Å². The topological polar surface area (TPSA) is 49.9 Å². The molecule has 5 nitrogen and oxygen atoms in total. The molecule has 2 aliphatic heterocycles. The first-order valence-electron chi connectivity index (χ1n) is 8.05. The van der Waals surface area contributed by atoms with Crippen molar-refractivity contribution in [2.24, 2.45) is 0 Å². The van der Waals surface area contributed by atoms with Crippen molar-refractivity contribution in [2.45, 2.75) is 19.5 Å². The third-order valence-electron chi connectivity index (χ3n) is 4.75. The molecule has 1 atom stereocenters. The Morgan fingerprint density at radius 1 is 1.12 bits per heavy atom. The summed E-state index contributed by atoms with van der Waals surface area (Å²) in [5.41, 5.74) is 4.14. The third kappa shape index (κ3) is 2.16. The Hall–Kier alpha value is -2.82. The van der Waals surface area contributed by atoms with Crippen molar-refractivity contribution in [3.05, 3.63) is 53.6 Å². The largest absolute Gasteiger partial charge is 0.482 e. The molecular weight excluding hydrogens is 304 g/mol. The predicted molar refractivity (Wildman–Crippen MR) is 91.5 cm³/mol. The van der Waals surface area contributed by atoms with E-state index in [1.165, 1.54) is 11.1 Å². The van der Waals surface area contributed by atoms with Crippen LogP contribution in [0.2, 0.25) is 0 Å². The molecule has 0 N–H and O–H groups in total. The second kappa shape index (κ2) is 5.67. The van der Waals surface area contributed by atoms with Crippen LogP contribution < -0.4 is 14.5 Å². The van der Waals surface area contributed by atoms with Crippen LogP contribution in [-0.4, -0.2) is 31.5 Å². The number of hydrogen-bond acceptors (Lipinski definition) is 4. The van der Waals surface area contributed by atoms with Crippen LogP contribution in [0, 0.1) is 6.92 Å². The Balaban J connectivity index is 1.77. The van der Waals surface area contributed by atoms with Gasteiger partial charge in [-0.25, -0.2) is 0 Å². The second-order valence-electron chi connectivity index (χ2n) is 6.09. The number of fused-ring (bicyclic) bond motifs is 2. The summed E-state index contributed by atoms with van der Waals surface area (Å²) in [7, 11) is 0. The zero-order valence-corrected chi connectivity index (χ0v) is 13.4. The Bertz CT molecular complexity index is 818. The molecule has 0 aromatic heterocycles. The van der Waals surface area contributed by atoms with E-state index in [0.717, 1.165) is 24.9 Å². The smallest absolute Gasteiger partial charge is 0.267 e. The predicted octanol–water partition coefficient (Wildman–Crippen LogP) is 2.31. The molecule has 2 aliphatic rings. The van der Waals surface area contributed by atoms with Crippen LogP contribution in [0.3, 0.4) is 0 Å². The molecule has 0 aliphatic carbocycles. The third-order valence-corrected chi connectivity index (χ3v) is 4.75. The molecule has 0 radical (unpaired) electrons. The van der Waals surface area contributed by atoms with Crippen molar-refractivity contribution in [1.82, 2.24) is 0 Å². The Morgan fingerprint density at radius 2 is 1.92 bits per heavy atom. The van der Waals surface area contributed by atoms with Gasteiger partial charge in [0.1, 0.15) is 5.75 Å². The normalized spacial score (nSPS) is 17.1. The molecule has 2 aromatic rings. The van der Waals surface area contributed by atoms with Gasteiger partial charge in [0.05, 0.1) is 5.69 Å². The summed E-state index contributed by atoms with van der Waals surface area (Å²) in [5.74, 6) is 0.430. The number of aldehydes is 1. The number of anilines is 2. The maximum Gasteiger partial charge on any atom is 0.267 e. The van der Waals surface area contributed by atoms with E-state index in [9.17, 15) is 9.59 Å². The first kappa shape index (κ1) is 14.8. The number of carbonyl (C=O) groups is 2. The van der Waals surface area contributed by atoms with Crippen molar-refractivity contribution in [3.8, 4) is 5.75 Å². The van der Waals surface area contributed by atoms with E-state index in [4.69, 9.17) is 4.74 Å². The first-order chi connectivity index (χ1) is 11.7. The van der Waals surface area contributed by atoms with Crippen LogP contribution >= 0.6 is 0 Å². The zero-order chi connectivity index (χ0) is 16.7. The lowest BCUT2D eigenvalue weighted by Crippen LogP contribution is -2.55. The molecule has 2 aromatic carbocycles. The molecule has 0 spiro atoms. The van der Waals surface area contributed by atoms with Crippen LogP contribution in [0.5, 0.6) is 5.75 Å². The van der Waals surface area contributed by atoms with E-state index in [1.807, 2.05) is 41.3 Å². The molecule has 4 rings (SSSR count). The maximum atomic E-state index is 12.5. The molecule has 2 heterocycles. The van der Waals surface area contributed by atoms with Crippen molar-refractivity contribution < 1.29 is 14.3 Å². The lowest BCUT2D eigenvalue weighted by molar-refractivity contribution is -0.123. The highest BCUT2D eigenvalue weighted by atomic mass is 16.5. The van der Waals surface area contributed by atoms with E-state index in [0.29, 0.717) is 11.4 Å². The molecule has 24 heavy (non-hydrogen) atoms. The fourth-order valence-electron chi connectivity index (χ4n) is 3.59. The second-order valence-corrected chi connectivity index (χ2v) is 6.09. The molecule has 122 valence electrons. The average Bonchev–Trinajstić information content (AvgIpc) is 3.03. The van der Waals surface area contributed by atoms with Gasteiger partial charge >= 0.3 is 0 Å². The van der Waals surface area contributed by atoms with Crippen LogP contribution in [0.4, 0.5) is 11.4 Å². The summed E-state index contributed by atoms with van der Waals surface area (Å²) < 4.78 is 5.49. The first-order valence-corrected chi connectivity index (χ1v) is 8.05. The van der Waals surface area contributed by atoms with Gasteiger partial charge in [0.2, 0.25) is 0 Å². The number of rotatable bonds is 3. The van der Waals surface area contributed by atoms with Gasteiger partial charge in [-0.05, 0) is 42.7 Å². The van der Waals surface area contributed by atoms with Gasteiger partial charge in [-0.3, -0.25) is 14.5 Å². The minimum Gasteiger partial charge on any atom is -0.482 e. The lowest BCUT2D eigenvalue weighted by atomic mass is 10.1. The molecule has 1 unspecified atom stereocenters. The molecule has 1 amide bonds. The average molecular weight is 322 g/mol. The van der Waals surface area contributed by atoms with Crippen LogP contribution in [-0.2, 0) is 16.0 Å². The quantitative estimate of drug-likeness (QED) is 0.814. The summed E-state index contributed by atoms with van der Waals surface area (Å²) in [5, 5.41) is 0. The number of carbonyl (C=O) groups excluding carboxylic acids is 2. The maximum absolute atomic E-state index is 12.5. The molecule has 0 saturated carbocycles. The Kier molecular flexibility index (Phi) is 3.49. The number of aryl methyl sites for hydroxylation is 1. The summed E-state index contributed by atoms with van der Waals surface area (Å²) >= 11 is 0. The van der Waals surface area contributed by atoms with E-state index >= 15 is 0 Å². The fourth-order valence-corrected chi connectivity index (χ4v) is 3.59. The SMILES string of the molecule is Cc1cccc2c1CCN2C(C=O)N1C(=O)COc2ccccc21. The summed E-state index contributed by atoms with van der Waals surface area (Å²) in [6, 6.07) is 13.4. The summed E-state index contributed by atoms with van der Waals surface area (Å²) in [4.78, 5) is 28.0. The van der Waals surface area contributed by atoms with Gasteiger partial charge in [-0.2, -0.15) is 0 Å². The van der Waals surface area contributed by atoms with Gasteiger partial charge in [0.25, 0.3) is 5.91 Å². The highest BCUT2D eigenvalue weighted by molar-refractivity contribution is 6.02. The number of nitrogens with zero attached hydrogens (tertiary/aromatic N) is 2. The number of para-hydroxylation sites is 2. The highest BCUT2D eigenvalue weighted by Gasteiger charge is 2.37. The zero-order valence-electron chi connectivity index (χ0n) is 13.4. The Labute approximate surface area is 140 Å². The highest BCUT2D eigenvalue weighted by Crippen LogP contribution is 2.37. The van der Waals surface area contributed by atoms with Gasteiger partial charge in [0.15, 0.2) is 19.1 Å². The number of hydrogen-bond donors (Lipinski definition) is 0. The minimum atomic E-state index is -0.661. The van der Waals surface area contributed by atoms with Crippen molar-refractivity contribution in [2.75, 3.05) is 23.0 Å². The fraction of sp³-hybridized carbons (Fsp3) is 0.263. The summed E-state index contributed by atoms with van der Waals surface area (Å²) in [6.45, 7) is 2.75. The molecule has 0 fully saturated rings. The van der Waals surface area contributed by atoms with Gasteiger partial charge in [-0.1, -0.05) is 24.3 Å². The van der Waals surface area contributed by atoms with Gasteiger partial charge < -0.3 is 9.64 Å². The Morgan fingerprint density at radius 3 is 2.75 bits per heavy atom. The van der Waals surface area contributed by atoms with E-state index in [2.05, 4.69) is 13.0 Å². The van der Waals surface area contributed by atoms with Crippen molar-refractivity contribution in [3.63, 3.8) is 0 Å². The van der Waals surface area contributed by atoms with E-state index in [-0.39, 0.29) is 12.5 Å². The molecular formula is C19H18N2O3. The van der Waals surface area contributed by atoms with Crippen LogP contribution in [0.25, 0.3) is 0 Å². The molecule has 5 heteroatoms. The van der Waals surface area contributed by atoms with E-state index < -0.39 is 6.17 Å². The number of amides is 1.